The molecule has 1 aliphatic heterocycles. The molecule has 0 bridgehead atoms. The quantitative estimate of drug-likeness (QED) is 0.701. The third-order valence-electron chi connectivity index (χ3n) is 4.00. The van der Waals surface area contributed by atoms with Gasteiger partial charge in [-0.05, 0) is 71.2 Å². The molecule has 2 aromatic carbocycles. The first-order chi connectivity index (χ1) is 11.9. The number of hydrogen-bond donors (Lipinski definition) is 1. The van der Waals surface area contributed by atoms with E-state index in [1.807, 2.05) is 12.1 Å². The lowest BCUT2D eigenvalue weighted by Crippen LogP contribution is -2.27. The number of rotatable bonds is 4. The van der Waals surface area contributed by atoms with Crippen molar-refractivity contribution >= 4 is 53.5 Å². The molecule has 0 aromatic heterocycles. The minimum absolute atomic E-state index is 0.218. The van der Waals surface area contributed by atoms with E-state index >= 15 is 0 Å². The van der Waals surface area contributed by atoms with Crippen molar-refractivity contribution in [2.24, 2.45) is 0 Å². The molecule has 132 valence electrons. The van der Waals surface area contributed by atoms with Crippen LogP contribution in [0.25, 0.3) is 0 Å². The Bertz CT molecular complexity index is 893. The molecular formula is C17H16Br2N2O3S. The third kappa shape index (κ3) is 4.13. The van der Waals surface area contributed by atoms with Crippen molar-refractivity contribution in [3.05, 3.63) is 57.0 Å². The Kier molecular flexibility index (Phi) is 5.62. The predicted octanol–water partition coefficient (Wildman–Crippen LogP) is 4.25. The van der Waals surface area contributed by atoms with Crippen molar-refractivity contribution < 1.29 is 13.2 Å². The van der Waals surface area contributed by atoms with Gasteiger partial charge in [0, 0.05) is 27.6 Å². The van der Waals surface area contributed by atoms with Crippen LogP contribution in [0.3, 0.4) is 0 Å². The molecule has 0 aliphatic carbocycles. The first-order valence-corrected chi connectivity index (χ1v) is 10.8. The summed E-state index contributed by atoms with van der Waals surface area (Å²) in [6, 6.07) is 11.5. The van der Waals surface area contributed by atoms with E-state index in [2.05, 4.69) is 37.2 Å². The average molecular weight is 488 g/mol. The molecule has 1 amide bonds. The molecule has 0 saturated carbocycles. The largest absolute Gasteiger partial charge is 0.321 e. The number of halogens is 2. The predicted molar refractivity (Wildman–Crippen MR) is 104 cm³/mol. The second-order valence-corrected chi connectivity index (χ2v) is 9.42. The van der Waals surface area contributed by atoms with Crippen LogP contribution in [0, 0.1) is 0 Å². The maximum atomic E-state index is 12.5. The summed E-state index contributed by atoms with van der Waals surface area (Å²) in [4.78, 5) is 12.6. The van der Waals surface area contributed by atoms with Gasteiger partial charge < -0.3 is 5.32 Å². The fourth-order valence-corrected chi connectivity index (χ4v) is 5.30. The zero-order valence-corrected chi connectivity index (χ0v) is 17.2. The van der Waals surface area contributed by atoms with Gasteiger partial charge >= 0.3 is 0 Å². The number of amides is 1. The zero-order chi connectivity index (χ0) is 18.0. The second-order valence-electron chi connectivity index (χ2n) is 5.71. The molecule has 1 heterocycles. The van der Waals surface area contributed by atoms with Crippen molar-refractivity contribution in [3.63, 3.8) is 0 Å². The van der Waals surface area contributed by atoms with Crippen LogP contribution < -0.4 is 5.32 Å². The Hall–Kier alpha value is -1.22. The Morgan fingerprint density at radius 2 is 1.64 bits per heavy atom. The van der Waals surface area contributed by atoms with Crippen LogP contribution >= 0.6 is 31.9 Å². The Balaban J connectivity index is 1.76. The van der Waals surface area contributed by atoms with Crippen molar-refractivity contribution in [3.8, 4) is 0 Å². The number of sulfonamides is 1. The topological polar surface area (TPSA) is 66.5 Å². The summed E-state index contributed by atoms with van der Waals surface area (Å²) < 4.78 is 28.1. The Morgan fingerprint density at radius 1 is 1.00 bits per heavy atom. The van der Waals surface area contributed by atoms with Gasteiger partial charge in [0.25, 0.3) is 5.91 Å². The van der Waals surface area contributed by atoms with Gasteiger partial charge in [0.1, 0.15) is 0 Å². The first kappa shape index (κ1) is 18.6. The minimum Gasteiger partial charge on any atom is -0.321 e. The molecule has 0 spiro atoms. The standard InChI is InChI=1S/C17H16Br2N2O3S/c18-13-5-8-16(15(19)11-13)20-17(22)12-3-6-14(7-4-12)25(23,24)21-9-1-2-10-21/h3-8,11H,1-2,9-10H2,(H,20,22). The summed E-state index contributed by atoms with van der Waals surface area (Å²) in [6.45, 7) is 1.12. The fraction of sp³-hybridized carbons (Fsp3) is 0.235. The minimum atomic E-state index is -3.46. The summed E-state index contributed by atoms with van der Waals surface area (Å²) >= 11 is 6.75. The second kappa shape index (κ2) is 7.57. The van der Waals surface area contributed by atoms with Crippen molar-refractivity contribution in [1.82, 2.24) is 4.31 Å². The van der Waals surface area contributed by atoms with E-state index in [9.17, 15) is 13.2 Å². The number of hydrogen-bond acceptors (Lipinski definition) is 3. The van der Waals surface area contributed by atoms with Crippen molar-refractivity contribution in [2.45, 2.75) is 17.7 Å². The molecule has 1 N–H and O–H groups in total. The number of carbonyl (C=O) groups is 1. The third-order valence-corrected chi connectivity index (χ3v) is 7.06. The molecule has 3 rings (SSSR count). The number of nitrogens with zero attached hydrogens (tertiary/aromatic N) is 1. The summed E-state index contributed by atoms with van der Waals surface area (Å²) in [6.07, 6.45) is 1.78. The summed E-state index contributed by atoms with van der Waals surface area (Å²) in [7, 11) is -3.46. The molecule has 0 radical (unpaired) electrons. The molecule has 5 nitrogen and oxygen atoms in total. The first-order valence-electron chi connectivity index (χ1n) is 7.74. The number of nitrogens with one attached hydrogen (secondary N) is 1. The van der Waals surface area contributed by atoms with Crippen LogP contribution in [0.4, 0.5) is 5.69 Å². The SMILES string of the molecule is O=C(Nc1ccc(Br)cc1Br)c1ccc(S(=O)(=O)N2CCCC2)cc1. The summed E-state index contributed by atoms with van der Waals surface area (Å²) in [5.41, 5.74) is 1.04. The normalized spacial score (nSPS) is 15.3. The van der Waals surface area contributed by atoms with Crippen molar-refractivity contribution in [1.29, 1.82) is 0 Å². The van der Waals surface area contributed by atoms with E-state index in [1.54, 1.807) is 6.07 Å². The van der Waals surface area contributed by atoms with Crippen LogP contribution in [0.15, 0.2) is 56.3 Å². The van der Waals surface area contributed by atoms with Gasteiger partial charge in [-0.25, -0.2) is 8.42 Å². The van der Waals surface area contributed by atoms with Gasteiger partial charge in [-0.15, -0.1) is 0 Å². The van der Waals surface area contributed by atoms with Crippen LogP contribution in [0.1, 0.15) is 23.2 Å². The number of carbonyl (C=O) groups excluding carboxylic acids is 1. The monoisotopic (exact) mass is 486 g/mol. The highest BCUT2D eigenvalue weighted by Crippen LogP contribution is 2.27. The van der Waals surface area contributed by atoms with Gasteiger partial charge in [-0.1, -0.05) is 15.9 Å². The maximum absolute atomic E-state index is 12.5. The number of anilines is 1. The van der Waals surface area contributed by atoms with Crippen molar-refractivity contribution in [2.75, 3.05) is 18.4 Å². The van der Waals surface area contributed by atoms with Gasteiger partial charge in [0.05, 0.1) is 10.6 Å². The average Bonchev–Trinajstić information content (AvgIpc) is 3.13. The maximum Gasteiger partial charge on any atom is 0.255 e. The molecule has 0 atom stereocenters. The summed E-state index contributed by atoms with van der Waals surface area (Å²) in [5, 5.41) is 2.80. The molecule has 0 unspecified atom stereocenters. The Labute approximate surface area is 163 Å². The van der Waals surface area contributed by atoms with Gasteiger partial charge in [0.15, 0.2) is 0 Å². The lowest BCUT2D eigenvalue weighted by Gasteiger charge is -2.15. The lowest BCUT2D eigenvalue weighted by atomic mass is 10.2. The molecular weight excluding hydrogens is 472 g/mol. The van der Waals surface area contributed by atoms with E-state index in [-0.39, 0.29) is 10.8 Å². The molecule has 1 aliphatic rings. The molecule has 1 saturated heterocycles. The van der Waals surface area contributed by atoms with E-state index < -0.39 is 10.0 Å². The van der Waals surface area contributed by atoms with Gasteiger partial charge in [-0.3, -0.25) is 4.79 Å². The molecule has 1 fully saturated rings. The van der Waals surface area contributed by atoms with E-state index in [0.717, 1.165) is 21.8 Å². The van der Waals surface area contributed by atoms with Gasteiger partial charge in [0.2, 0.25) is 10.0 Å². The van der Waals surface area contributed by atoms with Crippen LogP contribution in [-0.2, 0) is 10.0 Å². The molecule has 2 aromatic rings. The van der Waals surface area contributed by atoms with Crippen LogP contribution in [0.2, 0.25) is 0 Å². The highest BCUT2D eigenvalue weighted by Gasteiger charge is 2.27. The molecule has 8 heteroatoms. The highest BCUT2D eigenvalue weighted by molar-refractivity contribution is 9.11. The van der Waals surface area contributed by atoms with E-state index in [0.29, 0.717) is 24.3 Å². The van der Waals surface area contributed by atoms with Crippen LogP contribution in [0.5, 0.6) is 0 Å². The smallest absolute Gasteiger partial charge is 0.255 e. The summed E-state index contributed by atoms with van der Waals surface area (Å²) in [5.74, 6) is -0.298. The molecule has 25 heavy (non-hydrogen) atoms. The lowest BCUT2D eigenvalue weighted by molar-refractivity contribution is 0.102. The van der Waals surface area contributed by atoms with E-state index in [4.69, 9.17) is 0 Å². The Morgan fingerprint density at radius 3 is 2.24 bits per heavy atom. The highest BCUT2D eigenvalue weighted by atomic mass is 79.9. The fourth-order valence-electron chi connectivity index (χ4n) is 2.64. The number of benzene rings is 2. The van der Waals surface area contributed by atoms with E-state index in [1.165, 1.54) is 28.6 Å². The van der Waals surface area contributed by atoms with Gasteiger partial charge in [-0.2, -0.15) is 4.31 Å². The zero-order valence-electron chi connectivity index (χ0n) is 13.2. The van der Waals surface area contributed by atoms with Crippen LogP contribution in [-0.4, -0.2) is 31.7 Å².